The number of aryl methyl sites for hydroxylation is 4. The van der Waals surface area contributed by atoms with Crippen molar-refractivity contribution >= 4 is 43.6 Å². The molecule has 0 atom stereocenters. The van der Waals surface area contributed by atoms with Crippen LogP contribution in [0.25, 0.3) is 123 Å². The van der Waals surface area contributed by atoms with Gasteiger partial charge in [-0.25, -0.2) is 15.0 Å². The van der Waals surface area contributed by atoms with Gasteiger partial charge in [0, 0.05) is 49.5 Å². The summed E-state index contributed by atoms with van der Waals surface area (Å²) in [5, 5.41) is 4.07. The van der Waals surface area contributed by atoms with Gasteiger partial charge in [0.2, 0.25) is 0 Å². The average molecular weight is 992 g/mol. The molecule has 13 rings (SSSR count). The molecular formula is C68H48F3N5. The molecule has 0 radical (unpaired) electrons. The normalized spacial score (nSPS) is 11.9. The van der Waals surface area contributed by atoms with Gasteiger partial charge in [-0.3, -0.25) is 0 Å². The Kier molecular flexibility index (Phi) is 11.1. The van der Waals surface area contributed by atoms with E-state index in [1.807, 2.05) is 109 Å². The Balaban J connectivity index is 1.12. The number of para-hydroxylation sites is 2. The minimum Gasteiger partial charge on any atom is -0.309 e. The number of alkyl halides is 3. The number of hydrogen-bond acceptors (Lipinski definition) is 3. The van der Waals surface area contributed by atoms with E-state index in [1.54, 1.807) is 6.07 Å². The first-order valence-corrected chi connectivity index (χ1v) is 25.4. The van der Waals surface area contributed by atoms with Crippen LogP contribution in [0.3, 0.4) is 0 Å². The number of nitrogens with zero attached hydrogens (tertiary/aromatic N) is 5. The maximum atomic E-state index is 15.4. The molecule has 3 heterocycles. The second kappa shape index (κ2) is 18.2. The molecule has 76 heavy (non-hydrogen) atoms. The van der Waals surface area contributed by atoms with Crippen molar-refractivity contribution in [3.8, 4) is 78.9 Å². The summed E-state index contributed by atoms with van der Waals surface area (Å²) >= 11 is 0. The Hall–Kier alpha value is -9.40. The number of hydrogen-bond donors (Lipinski definition) is 0. The van der Waals surface area contributed by atoms with Crippen molar-refractivity contribution in [2.24, 2.45) is 0 Å². The van der Waals surface area contributed by atoms with Gasteiger partial charge in [-0.15, -0.1) is 0 Å². The number of aromatic nitrogens is 5. The van der Waals surface area contributed by atoms with Crippen molar-refractivity contribution in [1.29, 1.82) is 0 Å². The minimum absolute atomic E-state index is 0.318. The Bertz CT molecular complexity index is 4380. The lowest BCUT2D eigenvalue weighted by Gasteiger charge is -2.20. The van der Waals surface area contributed by atoms with Crippen molar-refractivity contribution in [2.75, 3.05) is 0 Å². The highest BCUT2D eigenvalue weighted by Crippen LogP contribution is 2.45. The van der Waals surface area contributed by atoms with Gasteiger partial charge < -0.3 is 9.13 Å². The van der Waals surface area contributed by atoms with Crippen LogP contribution < -0.4 is 0 Å². The van der Waals surface area contributed by atoms with Gasteiger partial charge in [0.15, 0.2) is 17.5 Å². The highest BCUT2D eigenvalue weighted by atomic mass is 19.4. The summed E-state index contributed by atoms with van der Waals surface area (Å²) < 4.78 is 50.6. The molecular weight excluding hydrogens is 944 g/mol. The first-order chi connectivity index (χ1) is 36.9. The summed E-state index contributed by atoms with van der Waals surface area (Å²) in [5.41, 5.74) is 16.3. The Morgan fingerprint density at radius 2 is 0.803 bits per heavy atom. The fraction of sp³-hybridized carbons (Fsp3) is 0.0735. The van der Waals surface area contributed by atoms with Crippen molar-refractivity contribution in [2.45, 2.75) is 33.9 Å². The summed E-state index contributed by atoms with van der Waals surface area (Å²) in [6.45, 7) is 8.46. The van der Waals surface area contributed by atoms with Crippen LogP contribution in [0.5, 0.6) is 0 Å². The number of rotatable bonds is 8. The van der Waals surface area contributed by atoms with Gasteiger partial charge in [0.25, 0.3) is 0 Å². The highest BCUT2D eigenvalue weighted by molar-refractivity contribution is 6.12. The average Bonchev–Trinajstić information content (AvgIpc) is 4.09. The lowest BCUT2D eigenvalue weighted by atomic mass is 9.94. The lowest BCUT2D eigenvalue weighted by Crippen LogP contribution is -2.08. The fourth-order valence-electron chi connectivity index (χ4n) is 11.2. The van der Waals surface area contributed by atoms with E-state index >= 15 is 13.2 Å². The maximum Gasteiger partial charge on any atom is 0.416 e. The van der Waals surface area contributed by atoms with E-state index in [4.69, 9.17) is 15.0 Å². The van der Waals surface area contributed by atoms with E-state index in [0.717, 1.165) is 88.2 Å². The van der Waals surface area contributed by atoms with E-state index in [2.05, 4.69) is 128 Å². The van der Waals surface area contributed by atoms with E-state index in [1.165, 1.54) is 28.8 Å². The number of halogens is 3. The smallest absolute Gasteiger partial charge is 0.309 e. The summed E-state index contributed by atoms with van der Waals surface area (Å²) in [5.74, 6) is 1.19. The summed E-state index contributed by atoms with van der Waals surface area (Å²) in [6, 6.07) is 71.9. The molecule has 0 aliphatic rings. The predicted molar refractivity (Wildman–Crippen MR) is 305 cm³/mol. The number of benzene rings is 10. The van der Waals surface area contributed by atoms with Crippen LogP contribution in [-0.2, 0) is 6.18 Å². The largest absolute Gasteiger partial charge is 0.416 e. The van der Waals surface area contributed by atoms with Gasteiger partial charge in [-0.05, 0) is 139 Å². The highest BCUT2D eigenvalue weighted by Gasteiger charge is 2.33. The standard InChI is InChI=1S/C68H48F3N5/c1-41-23-29-51(43(3)35-41)47-25-32-62-57(37-47)53-19-11-13-21-60(53)75(62)50-28-31-55(67-73-65(45-15-7-5-8-16-45)72-66(74-67)46-17-9-6-10-18-46)56(40-50)59-39-49(68(69,70)71)27-34-64(59)76-61-22-14-12-20-54(61)58-38-48(26-33-63(58)76)52-30-24-42(2)36-44(52)4/h5-40H,1-4H3. The van der Waals surface area contributed by atoms with Gasteiger partial charge in [0.05, 0.1) is 33.3 Å². The second-order valence-corrected chi connectivity index (χ2v) is 19.8. The SMILES string of the molecule is Cc1ccc(-c2ccc3c(c2)c2ccccc2n3-c2ccc(-c3nc(-c4ccccc4)nc(-c4ccccc4)n3)c(-c3cc(C(F)(F)F)ccc3-n3c4ccccc4c4cc(-c5ccc(C)cc5C)ccc43)c2)c(C)c1. The summed E-state index contributed by atoms with van der Waals surface area (Å²) in [6.07, 6.45) is -4.67. The zero-order chi connectivity index (χ0) is 51.8. The third kappa shape index (κ3) is 8.01. The van der Waals surface area contributed by atoms with Gasteiger partial charge in [-0.1, -0.05) is 157 Å². The number of fused-ring (bicyclic) bond motifs is 6. The van der Waals surface area contributed by atoms with Crippen molar-refractivity contribution < 1.29 is 13.2 Å². The lowest BCUT2D eigenvalue weighted by molar-refractivity contribution is -0.137. The molecule has 3 aromatic heterocycles. The molecule has 0 saturated carbocycles. The van der Waals surface area contributed by atoms with Crippen LogP contribution >= 0.6 is 0 Å². The van der Waals surface area contributed by atoms with Crippen LogP contribution in [0.15, 0.2) is 218 Å². The molecule has 0 fully saturated rings. The molecule has 0 amide bonds. The van der Waals surface area contributed by atoms with Crippen LogP contribution in [0.4, 0.5) is 13.2 Å². The molecule has 366 valence electrons. The van der Waals surface area contributed by atoms with Gasteiger partial charge in [-0.2, -0.15) is 13.2 Å². The molecule has 0 aliphatic carbocycles. The Morgan fingerprint density at radius 1 is 0.329 bits per heavy atom. The van der Waals surface area contributed by atoms with Crippen molar-refractivity contribution in [3.63, 3.8) is 0 Å². The van der Waals surface area contributed by atoms with E-state index in [9.17, 15) is 0 Å². The molecule has 0 N–H and O–H groups in total. The summed E-state index contributed by atoms with van der Waals surface area (Å²) in [4.78, 5) is 15.4. The quantitative estimate of drug-likeness (QED) is 0.152. The molecule has 0 unspecified atom stereocenters. The van der Waals surface area contributed by atoms with Crippen LogP contribution in [0.2, 0.25) is 0 Å². The van der Waals surface area contributed by atoms with E-state index in [0.29, 0.717) is 39.9 Å². The van der Waals surface area contributed by atoms with Crippen LogP contribution in [-0.4, -0.2) is 24.1 Å². The maximum absolute atomic E-state index is 15.4. The molecule has 0 spiro atoms. The summed E-state index contributed by atoms with van der Waals surface area (Å²) in [7, 11) is 0. The third-order valence-electron chi connectivity index (χ3n) is 14.8. The second-order valence-electron chi connectivity index (χ2n) is 19.8. The molecule has 5 nitrogen and oxygen atoms in total. The molecule has 13 aromatic rings. The Morgan fingerprint density at radius 3 is 1.34 bits per heavy atom. The van der Waals surface area contributed by atoms with Crippen LogP contribution in [0, 0.1) is 27.7 Å². The monoisotopic (exact) mass is 991 g/mol. The zero-order valence-electron chi connectivity index (χ0n) is 42.2. The van der Waals surface area contributed by atoms with E-state index < -0.39 is 11.7 Å². The van der Waals surface area contributed by atoms with Crippen LogP contribution in [0.1, 0.15) is 27.8 Å². The Labute approximate surface area is 437 Å². The van der Waals surface area contributed by atoms with Crippen molar-refractivity contribution in [1.82, 2.24) is 24.1 Å². The first-order valence-electron chi connectivity index (χ1n) is 25.4. The predicted octanol–water partition coefficient (Wildman–Crippen LogP) is 18.3. The van der Waals surface area contributed by atoms with Gasteiger partial charge in [0.1, 0.15) is 0 Å². The molecule has 0 aliphatic heterocycles. The molecule has 10 aromatic carbocycles. The van der Waals surface area contributed by atoms with E-state index in [-0.39, 0.29) is 0 Å². The zero-order valence-corrected chi connectivity index (χ0v) is 42.2. The third-order valence-corrected chi connectivity index (χ3v) is 14.8. The first kappa shape index (κ1) is 46.4. The fourth-order valence-corrected chi connectivity index (χ4v) is 11.2. The molecule has 0 bridgehead atoms. The minimum atomic E-state index is -4.67. The van der Waals surface area contributed by atoms with Gasteiger partial charge >= 0.3 is 6.18 Å². The van der Waals surface area contributed by atoms with Crippen molar-refractivity contribution in [3.05, 3.63) is 246 Å². The topological polar surface area (TPSA) is 48.5 Å². The molecule has 0 saturated heterocycles. The molecule has 8 heteroatoms.